The predicted molar refractivity (Wildman–Crippen MR) is 229 cm³/mol. The molecular formula is C47H52NO17P. The molecule has 4 aliphatic rings. The first-order chi connectivity index (χ1) is 31.0. The molecule has 3 fully saturated rings. The van der Waals surface area contributed by atoms with Gasteiger partial charge in [-0.1, -0.05) is 80.6 Å². The largest absolute Gasteiger partial charge is 0.470 e. The van der Waals surface area contributed by atoms with Crippen molar-refractivity contribution >= 4 is 43.4 Å². The minimum Gasteiger partial charge on any atom is -0.456 e. The number of carbonyl (C=O) groups is 6. The molecule has 0 spiro atoms. The standard InChI is InChI=1S/C47H52NO17P/c1-25-31(62-43(55)37(65-66(57,58)59)35(28-16-10-7-11-17-28)48-41(53)29-18-12-8-13-19-29)23-47(56)40(63-42(54)30-20-14-9-15-21-30)38-45(6,32(51)22-33-46(38,24-60-33)64-27(3)50)39(52)36(61-26(2)49)34(25)44(47,4)5/h7-21,31-33,35-38,40,51,56H,22-24H2,1-6H3,(H,48,53)(H2,57,58,59)/t31-,32-,33+,35-,36+,37+,38?,40?,45+,46-,47+/m0/s1. The van der Waals surface area contributed by atoms with Gasteiger partial charge < -0.3 is 49.0 Å². The number of hydrogen-bond donors (Lipinski definition) is 5. The molecule has 1 amide bonds. The summed E-state index contributed by atoms with van der Waals surface area (Å²) in [4.78, 5) is 105. The number of esters is 4. The lowest BCUT2D eigenvalue weighted by molar-refractivity contribution is -0.346. The van der Waals surface area contributed by atoms with E-state index >= 15 is 4.79 Å². The van der Waals surface area contributed by atoms with E-state index in [0.29, 0.717) is 0 Å². The molecule has 19 heteroatoms. The van der Waals surface area contributed by atoms with Gasteiger partial charge in [0.15, 0.2) is 23.6 Å². The number of carbonyl (C=O) groups excluding carboxylic acids is 6. The van der Waals surface area contributed by atoms with Crippen LogP contribution in [0.25, 0.3) is 0 Å². The van der Waals surface area contributed by atoms with E-state index in [2.05, 4.69) is 5.32 Å². The maximum absolute atomic E-state index is 15.6. The third kappa shape index (κ3) is 8.51. The normalized spacial score (nSPS) is 30.9. The number of Topliss-reactive ketones (excluding diaryl/α,β-unsaturated/α-hetero) is 1. The van der Waals surface area contributed by atoms with Crippen LogP contribution in [0.1, 0.15) is 86.7 Å². The van der Waals surface area contributed by atoms with Gasteiger partial charge in [0.25, 0.3) is 5.91 Å². The van der Waals surface area contributed by atoms with Crippen molar-refractivity contribution in [2.24, 2.45) is 16.7 Å². The van der Waals surface area contributed by atoms with Gasteiger partial charge in [0.05, 0.1) is 35.6 Å². The van der Waals surface area contributed by atoms with Crippen LogP contribution in [0, 0.1) is 16.7 Å². The summed E-state index contributed by atoms with van der Waals surface area (Å²) in [5.41, 5.74) is -8.04. The van der Waals surface area contributed by atoms with Crippen molar-refractivity contribution in [3.63, 3.8) is 0 Å². The molecule has 0 aromatic heterocycles. The van der Waals surface area contributed by atoms with Gasteiger partial charge in [-0.05, 0) is 54.8 Å². The number of nitrogens with one attached hydrogen (secondary N) is 1. The maximum Gasteiger partial charge on any atom is 0.470 e. The lowest BCUT2D eigenvalue weighted by Crippen LogP contribution is -2.82. The number of benzene rings is 3. The van der Waals surface area contributed by atoms with Crippen molar-refractivity contribution < 1.29 is 81.5 Å². The Morgan fingerprint density at radius 1 is 0.833 bits per heavy atom. The molecule has 18 nitrogen and oxygen atoms in total. The summed E-state index contributed by atoms with van der Waals surface area (Å²) < 4.78 is 48.1. The molecule has 3 aromatic carbocycles. The van der Waals surface area contributed by atoms with Gasteiger partial charge in [0.2, 0.25) is 0 Å². The van der Waals surface area contributed by atoms with Gasteiger partial charge in [-0.3, -0.25) is 23.7 Å². The molecule has 66 heavy (non-hydrogen) atoms. The van der Waals surface area contributed by atoms with Gasteiger partial charge in [-0.15, -0.1) is 0 Å². The van der Waals surface area contributed by atoms with Crippen molar-refractivity contribution in [2.75, 3.05) is 6.61 Å². The summed E-state index contributed by atoms with van der Waals surface area (Å²) in [5.74, 6) is -7.57. The van der Waals surface area contributed by atoms with Gasteiger partial charge in [-0.25, -0.2) is 14.2 Å². The third-order valence-electron chi connectivity index (χ3n) is 13.7. The first-order valence-electron chi connectivity index (χ1n) is 21.2. The SMILES string of the molecule is CC(=O)O[C@H]1C(=O)[C@@]2(C)C(C(OC(=O)c3ccccc3)[C@]3(O)C[C@H](OC(=O)[C@H](OP(=O)(O)O)[C@@H](NC(=O)c4ccccc4)c4ccccc4)C(C)=C1C3(C)C)[C@]1(OC(C)=O)CO[C@@H]1C[C@@H]2O. The van der Waals surface area contributed by atoms with Crippen LogP contribution in [0.3, 0.4) is 0 Å². The van der Waals surface area contributed by atoms with E-state index in [1.54, 1.807) is 54.6 Å². The zero-order valence-corrected chi connectivity index (χ0v) is 37.8. The molecule has 5 N–H and O–H groups in total. The Hall–Kier alpha value is -5.59. The number of phosphoric acid groups is 1. The fourth-order valence-electron chi connectivity index (χ4n) is 10.4. The molecule has 1 aliphatic heterocycles. The predicted octanol–water partition coefficient (Wildman–Crippen LogP) is 3.85. The zero-order valence-electron chi connectivity index (χ0n) is 36.9. The Labute approximate surface area is 379 Å². The molecule has 11 atom stereocenters. The Bertz CT molecular complexity index is 2480. The topological polar surface area (TPSA) is 268 Å². The monoisotopic (exact) mass is 933 g/mol. The second-order valence-electron chi connectivity index (χ2n) is 17.9. The number of amides is 1. The van der Waals surface area contributed by atoms with Crippen molar-refractivity contribution in [3.05, 3.63) is 119 Å². The summed E-state index contributed by atoms with van der Waals surface area (Å²) in [5, 5.41) is 28.5. The Morgan fingerprint density at radius 2 is 1.41 bits per heavy atom. The van der Waals surface area contributed by atoms with Crippen LogP contribution in [0.4, 0.5) is 0 Å². The number of fused-ring (bicyclic) bond motifs is 5. The second-order valence-corrected chi connectivity index (χ2v) is 19.1. The average molecular weight is 934 g/mol. The number of ether oxygens (including phenoxy) is 5. The smallest absolute Gasteiger partial charge is 0.456 e. The van der Waals surface area contributed by atoms with Crippen LogP contribution in [-0.2, 0) is 52.0 Å². The maximum atomic E-state index is 15.6. The van der Waals surface area contributed by atoms with Crippen molar-refractivity contribution in [1.29, 1.82) is 0 Å². The summed E-state index contributed by atoms with van der Waals surface area (Å²) in [6, 6.07) is 21.5. The molecule has 1 saturated heterocycles. The summed E-state index contributed by atoms with van der Waals surface area (Å²) in [6.07, 6.45) is -11.5. The number of aliphatic hydroxyl groups excluding tert-OH is 1. The molecule has 3 aliphatic carbocycles. The highest BCUT2D eigenvalue weighted by Gasteiger charge is 2.78. The number of ketones is 1. The molecule has 3 aromatic rings. The minimum atomic E-state index is -5.59. The number of phosphoric ester groups is 1. The fraction of sp³-hybridized carbons (Fsp3) is 0.447. The number of aliphatic hydroxyl groups is 2. The first kappa shape index (κ1) is 48.3. The molecule has 7 rings (SSSR count). The van der Waals surface area contributed by atoms with E-state index in [1.165, 1.54) is 64.1 Å². The van der Waals surface area contributed by atoms with Gasteiger partial charge in [0.1, 0.15) is 23.9 Å². The van der Waals surface area contributed by atoms with E-state index in [4.69, 9.17) is 28.2 Å². The summed E-state index contributed by atoms with van der Waals surface area (Å²) in [6.45, 7) is 7.56. The fourth-order valence-corrected chi connectivity index (χ4v) is 10.9. The van der Waals surface area contributed by atoms with Crippen LogP contribution in [-0.4, -0.2) is 110 Å². The lowest BCUT2D eigenvalue weighted by Gasteiger charge is -2.67. The molecular weight excluding hydrogens is 881 g/mol. The van der Waals surface area contributed by atoms with Crippen LogP contribution in [0.5, 0.6) is 0 Å². The van der Waals surface area contributed by atoms with E-state index in [9.17, 15) is 48.5 Å². The quantitative estimate of drug-likeness (QED) is 0.0747. The van der Waals surface area contributed by atoms with E-state index in [1.807, 2.05) is 0 Å². The van der Waals surface area contributed by atoms with Gasteiger partial charge >= 0.3 is 31.7 Å². The highest BCUT2D eigenvalue weighted by atomic mass is 31.2. The first-order valence-corrected chi connectivity index (χ1v) is 22.7. The van der Waals surface area contributed by atoms with Crippen molar-refractivity contribution in [1.82, 2.24) is 5.32 Å². The Balaban J connectivity index is 1.43. The zero-order chi connectivity index (χ0) is 48.1. The number of rotatable bonds is 12. The average Bonchev–Trinajstić information content (AvgIpc) is 3.26. The van der Waals surface area contributed by atoms with E-state index in [-0.39, 0.29) is 40.9 Å². The van der Waals surface area contributed by atoms with E-state index in [0.717, 1.165) is 13.8 Å². The van der Waals surface area contributed by atoms with Crippen molar-refractivity contribution in [3.8, 4) is 0 Å². The van der Waals surface area contributed by atoms with Crippen LogP contribution in [0.15, 0.2) is 102 Å². The number of hydrogen-bond acceptors (Lipinski definition) is 15. The molecule has 2 saturated carbocycles. The molecule has 2 unspecified atom stereocenters. The molecule has 352 valence electrons. The summed E-state index contributed by atoms with van der Waals surface area (Å²) >= 11 is 0. The van der Waals surface area contributed by atoms with Crippen molar-refractivity contribution in [2.45, 2.75) is 108 Å². The van der Waals surface area contributed by atoms with Crippen LogP contribution in [0.2, 0.25) is 0 Å². The summed E-state index contributed by atoms with van der Waals surface area (Å²) in [7, 11) is -5.59. The highest BCUT2D eigenvalue weighted by molar-refractivity contribution is 7.46. The van der Waals surface area contributed by atoms with Gasteiger partial charge in [0, 0.05) is 37.7 Å². The molecule has 1 heterocycles. The Kier molecular flexibility index (Phi) is 13.1. The second kappa shape index (κ2) is 17.9. The molecule has 0 radical (unpaired) electrons. The van der Waals surface area contributed by atoms with Gasteiger partial charge in [-0.2, -0.15) is 0 Å². The third-order valence-corrected chi connectivity index (χ3v) is 14.2. The van der Waals surface area contributed by atoms with Crippen LogP contribution >= 0.6 is 7.82 Å². The van der Waals surface area contributed by atoms with E-state index < -0.39 is 120 Å². The highest BCUT2D eigenvalue weighted by Crippen LogP contribution is 2.64. The minimum absolute atomic E-state index is 0.0127. The molecule has 2 bridgehead atoms. The Morgan fingerprint density at radius 3 is 1.94 bits per heavy atom. The lowest BCUT2D eigenvalue weighted by atomic mass is 9.44. The van der Waals surface area contributed by atoms with Crippen LogP contribution < -0.4 is 5.32 Å².